The number of halogens is 1. The highest BCUT2D eigenvalue weighted by atomic mass is 35.5. The number of aliphatic hydroxyl groups excluding tert-OH is 1. The van der Waals surface area contributed by atoms with Crippen LogP contribution in [0.2, 0.25) is 0 Å². The first-order valence-electron chi connectivity index (χ1n) is 2.30. The summed E-state index contributed by atoms with van der Waals surface area (Å²) in [4.78, 5) is 21.6. The summed E-state index contributed by atoms with van der Waals surface area (Å²) in [6.07, 6.45) is 0. The van der Waals surface area contributed by atoms with Gasteiger partial charge < -0.3 is 19.8 Å². The van der Waals surface area contributed by atoms with Gasteiger partial charge in [-0.15, -0.1) is 11.6 Å². The molecule has 0 aromatic carbocycles. The first-order chi connectivity index (χ1) is 4.27. The van der Waals surface area contributed by atoms with Crippen LogP contribution >= 0.6 is 19.4 Å². The van der Waals surface area contributed by atoms with E-state index in [0.29, 0.717) is 0 Å². The van der Waals surface area contributed by atoms with Crippen LogP contribution in [0.5, 0.6) is 0 Å². The first-order valence-corrected chi connectivity index (χ1v) is 4.30. The number of hydrogen-bond donors (Lipinski definition) is 4. The van der Waals surface area contributed by atoms with Gasteiger partial charge in [0.05, 0.1) is 12.0 Å². The summed E-state index contributed by atoms with van der Waals surface area (Å²) in [5.41, 5.74) is 0. The zero-order valence-corrected chi connectivity index (χ0v) is 6.96. The van der Waals surface area contributed by atoms with Crippen molar-refractivity contribution in [1.29, 1.82) is 0 Å². The minimum absolute atomic E-state index is 0.0710. The fourth-order valence-corrected chi connectivity index (χ4v) is 0. The van der Waals surface area contributed by atoms with Gasteiger partial charge in [0.15, 0.2) is 0 Å². The lowest BCUT2D eigenvalue weighted by Crippen LogP contribution is -1.94. The second kappa shape index (κ2) is 6.09. The van der Waals surface area contributed by atoms with Crippen molar-refractivity contribution in [1.82, 2.24) is 0 Å². The van der Waals surface area contributed by atoms with Crippen LogP contribution in [0.3, 0.4) is 0 Å². The number of rotatable bonds is 1. The van der Waals surface area contributed by atoms with E-state index < -0.39 is 7.82 Å². The molecule has 4 N–H and O–H groups in total. The SMILES string of the molecule is CC(Cl)CO.O=P(O)(O)O. The summed E-state index contributed by atoms with van der Waals surface area (Å²) >= 11 is 5.21. The molecule has 0 fully saturated rings. The van der Waals surface area contributed by atoms with Crippen LogP contribution in [-0.2, 0) is 4.57 Å². The number of alkyl halides is 1. The topological polar surface area (TPSA) is 98.0 Å². The van der Waals surface area contributed by atoms with Gasteiger partial charge in [0, 0.05) is 0 Å². The number of phosphoric acid groups is 1. The summed E-state index contributed by atoms with van der Waals surface area (Å²) in [7, 11) is -4.64. The molecule has 0 aliphatic carbocycles. The zero-order chi connectivity index (χ0) is 8.78. The molecule has 0 aliphatic rings. The van der Waals surface area contributed by atoms with Gasteiger partial charge in [-0.25, -0.2) is 4.57 Å². The van der Waals surface area contributed by atoms with Gasteiger partial charge in [0.2, 0.25) is 0 Å². The lowest BCUT2D eigenvalue weighted by molar-refractivity contribution is 0.275. The van der Waals surface area contributed by atoms with Crippen LogP contribution in [0.15, 0.2) is 0 Å². The normalized spacial score (nSPS) is 13.4. The van der Waals surface area contributed by atoms with Crippen molar-refractivity contribution < 1.29 is 24.4 Å². The third kappa shape index (κ3) is 81.3. The predicted octanol–water partition coefficient (Wildman–Crippen LogP) is -0.323. The van der Waals surface area contributed by atoms with E-state index in [4.69, 9.17) is 36.0 Å². The van der Waals surface area contributed by atoms with Gasteiger partial charge in [-0.2, -0.15) is 0 Å². The van der Waals surface area contributed by atoms with Gasteiger partial charge in [-0.05, 0) is 6.92 Å². The molecule has 0 radical (unpaired) electrons. The Kier molecular flexibility index (Phi) is 7.92. The summed E-state index contributed by atoms with van der Waals surface area (Å²) in [6, 6.07) is 0. The third-order valence-electron chi connectivity index (χ3n) is 0.252. The minimum Gasteiger partial charge on any atom is -0.395 e. The van der Waals surface area contributed by atoms with E-state index in [1.165, 1.54) is 0 Å². The first kappa shape index (κ1) is 13.0. The molecule has 5 nitrogen and oxygen atoms in total. The lowest BCUT2D eigenvalue weighted by atomic mass is 10.5. The minimum atomic E-state index is -4.64. The van der Waals surface area contributed by atoms with E-state index >= 15 is 0 Å². The lowest BCUT2D eigenvalue weighted by Gasteiger charge is -1.87. The van der Waals surface area contributed by atoms with Crippen LogP contribution in [-0.4, -0.2) is 31.8 Å². The van der Waals surface area contributed by atoms with Crippen molar-refractivity contribution in [3.63, 3.8) is 0 Å². The summed E-state index contributed by atoms with van der Waals surface area (Å²) in [5.74, 6) is 0. The average Bonchev–Trinajstić information content (AvgIpc) is 1.61. The fraction of sp³-hybridized carbons (Fsp3) is 1.00. The Balaban J connectivity index is 0. The molecule has 0 saturated carbocycles. The van der Waals surface area contributed by atoms with Crippen molar-refractivity contribution in [3.8, 4) is 0 Å². The molecule has 0 saturated heterocycles. The highest BCUT2D eigenvalue weighted by molar-refractivity contribution is 7.45. The molecule has 0 bridgehead atoms. The summed E-state index contributed by atoms with van der Waals surface area (Å²) in [5, 5.41) is 7.92. The predicted molar refractivity (Wildman–Crippen MR) is 36.7 cm³/mol. The largest absolute Gasteiger partial charge is 0.466 e. The average molecular weight is 193 g/mol. The monoisotopic (exact) mass is 192 g/mol. The van der Waals surface area contributed by atoms with Gasteiger partial charge >= 0.3 is 7.82 Å². The van der Waals surface area contributed by atoms with Crippen molar-refractivity contribution in [2.45, 2.75) is 12.3 Å². The molecule has 64 valence electrons. The van der Waals surface area contributed by atoms with Gasteiger partial charge in [0.25, 0.3) is 0 Å². The van der Waals surface area contributed by atoms with Crippen molar-refractivity contribution in [2.75, 3.05) is 6.61 Å². The molecule has 0 heterocycles. The Morgan fingerprint density at radius 3 is 1.60 bits per heavy atom. The smallest absolute Gasteiger partial charge is 0.395 e. The van der Waals surface area contributed by atoms with E-state index in [9.17, 15) is 0 Å². The molecule has 0 spiro atoms. The molecule has 1 atom stereocenters. The van der Waals surface area contributed by atoms with Crippen LogP contribution in [0.1, 0.15) is 6.92 Å². The fourth-order valence-electron chi connectivity index (χ4n) is 0. The Morgan fingerprint density at radius 1 is 1.50 bits per heavy atom. The second-order valence-corrected chi connectivity index (χ2v) is 3.25. The maximum atomic E-state index is 8.88. The molecule has 10 heavy (non-hydrogen) atoms. The summed E-state index contributed by atoms with van der Waals surface area (Å²) < 4.78 is 8.88. The van der Waals surface area contributed by atoms with E-state index in [1.54, 1.807) is 6.92 Å². The maximum absolute atomic E-state index is 8.88. The molecular formula is C3H10ClO5P. The molecule has 0 aliphatic heterocycles. The highest BCUT2D eigenvalue weighted by Crippen LogP contribution is 2.25. The van der Waals surface area contributed by atoms with Gasteiger partial charge in [-0.1, -0.05) is 0 Å². The quantitative estimate of drug-likeness (QED) is 0.337. The highest BCUT2D eigenvalue weighted by Gasteiger charge is 2.00. The molecule has 0 amide bonds. The molecule has 0 aromatic heterocycles. The molecular weight excluding hydrogens is 182 g/mol. The number of aliphatic hydroxyl groups is 1. The van der Waals surface area contributed by atoms with Gasteiger partial charge in [-0.3, -0.25) is 0 Å². The molecule has 0 aromatic rings. The van der Waals surface area contributed by atoms with Crippen molar-refractivity contribution >= 4 is 19.4 Å². The third-order valence-corrected chi connectivity index (χ3v) is 0.390. The second-order valence-electron chi connectivity index (χ2n) is 1.48. The van der Waals surface area contributed by atoms with Crippen molar-refractivity contribution in [3.05, 3.63) is 0 Å². The van der Waals surface area contributed by atoms with E-state index in [1.807, 2.05) is 0 Å². The van der Waals surface area contributed by atoms with Crippen molar-refractivity contribution in [2.24, 2.45) is 0 Å². The Morgan fingerprint density at radius 2 is 1.60 bits per heavy atom. The Labute approximate surface area is 63.5 Å². The Bertz CT molecular complexity index is 101. The van der Waals surface area contributed by atoms with E-state index in [2.05, 4.69) is 0 Å². The standard InChI is InChI=1S/C3H7ClO.H3O4P/c1-3(4)2-5;1-5(2,3)4/h3,5H,2H2,1H3;(H3,1,2,3,4). The molecule has 1 unspecified atom stereocenters. The van der Waals surface area contributed by atoms with Crippen LogP contribution in [0.25, 0.3) is 0 Å². The number of hydrogen-bond acceptors (Lipinski definition) is 2. The van der Waals surface area contributed by atoms with E-state index in [0.717, 1.165) is 0 Å². The van der Waals surface area contributed by atoms with Crippen LogP contribution in [0, 0.1) is 0 Å². The maximum Gasteiger partial charge on any atom is 0.466 e. The molecule has 0 rings (SSSR count). The summed E-state index contributed by atoms with van der Waals surface area (Å²) in [6.45, 7) is 1.81. The molecule has 7 heteroatoms. The van der Waals surface area contributed by atoms with Gasteiger partial charge in [0.1, 0.15) is 0 Å². The Hall–Kier alpha value is 0.360. The van der Waals surface area contributed by atoms with Crippen LogP contribution < -0.4 is 0 Å². The van der Waals surface area contributed by atoms with Crippen LogP contribution in [0.4, 0.5) is 0 Å². The zero-order valence-electron chi connectivity index (χ0n) is 5.31. The van der Waals surface area contributed by atoms with E-state index in [-0.39, 0.29) is 12.0 Å².